The van der Waals surface area contributed by atoms with Crippen molar-refractivity contribution in [3.8, 4) is 5.88 Å². The summed E-state index contributed by atoms with van der Waals surface area (Å²) in [7, 11) is 1.27. The number of methoxy groups -OCH3 is 1. The predicted molar refractivity (Wildman–Crippen MR) is 39.5 cm³/mol. The van der Waals surface area contributed by atoms with Crippen molar-refractivity contribution in [3.05, 3.63) is 18.1 Å². The van der Waals surface area contributed by atoms with Gasteiger partial charge >= 0.3 is 0 Å². The first-order valence-corrected chi connectivity index (χ1v) is 3.48. The van der Waals surface area contributed by atoms with Crippen LogP contribution in [0.5, 0.6) is 5.88 Å². The zero-order valence-corrected chi connectivity index (χ0v) is 6.82. The zero-order valence-electron chi connectivity index (χ0n) is 6.82. The fourth-order valence-corrected chi connectivity index (χ4v) is 0.816. The molecule has 0 aliphatic carbocycles. The van der Waals surface area contributed by atoms with Crippen molar-refractivity contribution in [1.82, 2.24) is 9.97 Å². The van der Waals surface area contributed by atoms with Crippen LogP contribution in [-0.4, -0.2) is 28.6 Å². The quantitative estimate of drug-likeness (QED) is 0.765. The lowest BCUT2D eigenvalue weighted by molar-refractivity contribution is -0.00987. The fourth-order valence-electron chi connectivity index (χ4n) is 0.816. The number of aromatic nitrogens is 2. The molecule has 1 atom stereocenters. The van der Waals surface area contributed by atoms with Crippen LogP contribution in [0.25, 0.3) is 0 Å². The molecule has 0 saturated heterocycles. The molecular formula is C7H8F2N2O2. The monoisotopic (exact) mass is 190 g/mol. The minimum Gasteiger partial charge on any atom is -0.480 e. The van der Waals surface area contributed by atoms with Crippen molar-refractivity contribution in [2.45, 2.75) is 12.5 Å². The standard InChI is InChI=1S/C7H8F2N2O2/c1-13-7-4(5(12)6(8)9)10-2-3-11-7/h2-3,5-6,12H,1H3. The van der Waals surface area contributed by atoms with Crippen molar-refractivity contribution < 1.29 is 18.6 Å². The van der Waals surface area contributed by atoms with E-state index in [1.165, 1.54) is 19.5 Å². The van der Waals surface area contributed by atoms with Crippen LogP contribution in [0.1, 0.15) is 11.8 Å². The minimum atomic E-state index is -2.90. The zero-order chi connectivity index (χ0) is 9.84. The maximum absolute atomic E-state index is 12.1. The van der Waals surface area contributed by atoms with Crippen LogP contribution in [0.4, 0.5) is 8.78 Å². The van der Waals surface area contributed by atoms with Crippen molar-refractivity contribution in [1.29, 1.82) is 0 Å². The van der Waals surface area contributed by atoms with E-state index < -0.39 is 12.5 Å². The lowest BCUT2D eigenvalue weighted by Crippen LogP contribution is -2.12. The Morgan fingerprint density at radius 2 is 2.00 bits per heavy atom. The molecule has 0 saturated carbocycles. The Kier molecular flexibility index (Phi) is 3.07. The predicted octanol–water partition coefficient (Wildman–Crippen LogP) is 0.784. The molecular weight excluding hydrogens is 182 g/mol. The molecule has 6 heteroatoms. The first kappa shape index (κ1) is 9.79. The topological polar surface area (TPSA) is 55.2 Å². The van der Waals surface area contributed by atoms with Crippen molar-refractivity contribution in [2.75, 3.05) is 7.11 Å². The van der Waals surface area contributed by atoms with E-state index in [0.29, 0.717) is 0 Å². The number of halogens is 2. The molecule has 0 amide bonds. The highest BCUT2D eigenvalue weighted by Gasteiger charge is 2.24. The summed E-state index contributed by atoms with van der Waals surface area (Å²) in [4.78, 5) is 7.18. The maximum atomic E-state index is 12.1. The van der Waals surface area contributed by atoms with Gasteiger partial charge in [0.2, 0.25) is 5.88 Å². The molecule has 1 aromatic heterocycles. The van der Waals surface area contributed by atoms with E-state index in [9.17, 15) is 8.78 Å². The summed E-state index contributed by atoms with van der Waals surface area (Å²) in [6.07, 6.45) is -2.35. The van der Waals surface area contributed by atoms with Gasteiger partial charge in [0.25, 0.3) is 6.43 Å². The van der Waals surface area contributed by atoms with E-state index in [1.54, 1.807) is 0 Å². The molecule has 1 N–H and O–H groups in total. The van der Waals surface area contributed by atoms with E-state index in [2.05, 4.69) is 14.7 Å². The van der Waals surface area contributed by atoms with Gasteiger partial charge in [-0.1, -0.05) is 0 Å². The van der Waals surface area contributed by atoms with Crippen LogP contribution >= 0.6 is 0 Å². The Balaban J connectivity index is 2.98. The molecule has 72 valence electrons. The number of hydrogen-bond acceptors (Lipinski definition) is 4. The molecule has 1 unspecified atom stereocenters. The average Bonchev–Trinajstić information content (AvgIpc) is 2.16. The first-order chi connectivity index (χ1) is 6.16. The van der Waals surface area contributed by atoms with E-state index in [1.807, 2.05) is 0 Å². The first-order valence-electron chi connectivity index (χ1n) is 3.48. The van der Waals surface area contributed by atoms with Gasteiger partial charge in [-0.2, -0.15) is 0 Å². The van der Waals surface area contributed by atoms with Crippen LogP contribution in [-0.2, 0) is 0 Å². The highest BCUT2D eigenvalue weighted by Crippen LogP contribution is 2.24. The molecule has 1 aromatic rings. The lowest BCUT2D eigenvalue weighted by atomic mass is 10.2. The molecule has 0 fully saturated rings. The van der Waals surface area contributed by atoms with Crippen LogP contribution < -0.4 is 4.74 Å². The van der Waals surface area contributed by atoms with Crippen LogP contribution in [0.2, 0.25) is 0 Å². The Morgan fingerprint density at radius 3 is 2.54 bits per heavy atom. The molecule has 4 nitrogen and oxygen atoms in total. The Bertz CT molecular complexity index is 283. The number of aliphatic hydroxyl groups is 1. The summed E-state index contributed by atoms with van der Waals surface area (Å²) in [6.45, 7) is 0. The van der Waals surface area contributed by atoms with Gasteiger partial charge in [0.05, 0.1) is 7.11 Å². The summed E-state index contributed by atoms with van der Waals surface area (Å²) in [5, 5.41) is 8.98. The highest BCUT2D eigenvalue weighted by atomic mass is 19.3. The van der Waals surface area contributed by atoms with Gasteiger partial charge < -0.3 is 9.84 Å². The fraction of sp³-hybridized carbons (Fsp3) is 0.429. The Morgan fingerprint density at radius 1 is 1.38 bits per heavy atom. The van der Waals surface area contributed by atoms with Gasteiger partial charge in [0.15, 0.2) is 6.10 Å². The molecule has 0 aliphatic rings. The van der Waals surface area contributed by atoms with Crippen molar-refractivity contribution in [3.63, 3.8) is 0 Å². The van der Waals surface area contributed by atoms with Gasteiger partial charge in [-0.3, -0.25) is 4.98 Å². The number of aliphatic hydroxyl groups excluding tert-OH is 1. The second-order valence-corrected chi connectivity index (χ2v) is 2.23. The molecule has 13 heavy (non-hydrogen) atoms. The molecule has 0 spiro atoms. The van der Waals surface area contributed by atoms with E-state index >= 15 is 0 Å². The highest BCUT2D eigenvalue weighted by molar-refractivity contribution is 5.19. The largest absolute Gasteiger partial charge is 0.480 e. The summed E-state index contributed by atoms with van der Waals surface area (Å²) in [5.41, 5.74) is -0.250. The van der Waals surface area contributed by atoms with Crippen LogP contribution in [0.3, 0.4) is 0 Å². The minimum absolute atomic E-state index is 0.0877. The third kappa shape index (κ3) is 2.09. The van der Waals surface area contributed by atoms with Crippen molar-refractivity contribution in [2.24, 2.45) is 0 Å². The normalized spacial score (nSPS) is 13.0. The number of hydrogen-bond donors (Lipinski definition) is 1. The maximum Gasteiger partial charge on any atom is 0.269 e. The van der Waals surface area contributed by atoms with Crippen molar-refractivity contribution >= 4 is 0 Å². The van der Waals surface area contributed by atoms with Gasteiger partial charge in [-0.25, -0.2) is 13.8 Å². The molecule has 0 aliphatic heterocycles. The molecule has 1 rings (SSSR count). The summed E-state index contributed by atoms with van der Waals surface area (Å²) in [6, 6.07) is 0. The molecule has 0 bridgehead atoms. The summed E-state index contributed by atoms with van der Waals surface area (Å²) < 4.78 is 28.8. The number of ether oxygens (including phenoxy) is 1. The third-order valence-electron chi connectivity index (χ3n) is 1.40. The van der Waals surface area contributed by atoms with Gasteiger partial charge in [-0.05, 0) is 0 Å². The molecule has 0 radical (unpaired) electrons. The smallest absolute Gasteiger partial charge is 0.269 e. The van der Waals surface area contributed by atoms with Crippen LogP contribution in [0.15, 0.2) is 12.4 Å². The summed E-state index contributed by atoms with van der Waals surface area (Å²) in [5.74, 6) is -0.0877. The number of alkyl halides is 2. The Hall–Kier alpha value is -1.30. The summed E-state index contributed by atoms with van der Waals surface area (Å²) >= 11 is 0. The molecule has 1 heterocycles. The number of rotatable bonds is 3. The third-order valence-corrected chi connectivity index (χ3v) is 1.40. The van der Waals surface area contributed by atoms with E-state index in [-0.39, 0.29) is 11.6 Å². The van der Waals surface area contributed by atoms with Gasteiger partial charge in [0.1, 0.15) is 5.69 Å². The second-order valence-electron chi connectivity index (χ2n) is 2.23. The van der Waals surface area contributed by atoms with E-state index in [4.69, 9.17) is 5.11 Å². The second kappa shape index (κ2) is 4.08. The van der Waals surface area contributed by atoms with Gasteiger partial charge in [0, 0.05) is 12.4 Å². The molecule has 0 aromatic carbocycles. The average molecular weight is 190 g/mol. The van der Waals surface area contributed by atoms with E-state index in [0.717, 1.165) is 0 Å². The SMILES string of the molecule is COc1nccnc1C(O)C(F)F. The van der Waals surface area contributed by atoms with Crippen LogP contribution in [0, 0.1) is 0 Å². The Labute approximate surface area is 73.2 Å². The lowest BCUT2D eigenvalue weighted by Gasteiger charge is -2.10. The number of nitrogens with zero attached hydrogens (tertiary/aromatic N) is 2. The van der Waals surface area contributed by atoms with Gasteiger partial charge in [-0.15, -0.1) is 0 Å².